The first kappa shape index (κ1) is 11.1. The molecule has 1 aliphatic rings. The van der Waals surface area contributed by atoms with Crippen molar-refractivity contribution in [1.82, 2.24) is 15.2 Å². The molecule has 1 N–H and O–H groups in total. The summed E-state index contributed by atoms with van der Waals surface area (Å²) >= 11 is 0. The normalized spacial score (nSPS) is 14.8. The van der Waals surface area contributed by atoms with Crippen LogP contribution in [0.1, 0.15) is 18.4 Å². The maximum atomic E-state index is 11.7. The van der Waals surface area contributed by atoms with Crippen LogP contribution in [0.15, 0.2) is 24.5 Å². The van der Waals surface area contributed by atoms with E-state index in [-0.39, 0.29) is 5.91 Å². The van der Waals surface area contributed by atoms with E-state index in [9.17, 15) is 4.79 Å². The Morgan fingerprint density at radius 1 is 1.50 bits per heavy atom. The van der Waals surface area contributed by atoms with Crippen molar-refractivity contribution in [3.63, 3.8) is 0 Å². The van der Waals surface area contributed by atoms with Crippen molar-refractivity contribution in [2.75, 3.05) is 13.6 Å². The van der Waals surface area contributed by atoms with Gasteiger partial charge in [0.05, 0.1) is 6.54 Å². The van der Waals surface area contributed by atoms with Crippen LogP contribution in [-0.4, -0.2) is 35.4 Å². The highest BCUT2D eigenvalue weighted by molar-refractivity contribution is 5.78. The predicted octanol–water partition coefficient (Wildman–Crippen LogP) is 0.792. The fourth-order valence-electron chi connectivity index (χ4n) is 1.60. The molecule has 0 radical (unpaired) electrons. The van der Waals surface area contributed by atoms with E-state index in [2.05, 4.69) is 10.3 Å². The highest BCUT2D eigenvalue weighted by atomic mass is 16.2. The van der Waals surface area contributed by atoms with Crippen molar-refractivity contribution >= 4 is 5.91 Å². The maximum absolute atomic E-state index is 11.7. The Kier molecular flexibility index (Phi) is 3.51. The number of carbonyl (C=O) groups is 1. The lowest BCUT2D eigenvalue weighted by Gasteiger charge is -2.16. The van der Waals surface area contributed by atoms with Gasteiger partial charge in [-0.05, 0) is 30.5 Å². The smallest absolute Gasteiger partial charge is 0.236 e. The average molecular weight is 219 g/mol. The fourth-order valence-corrected chi connectivity index (χ4v) is 1.60. The molecule has 0 saturated heterocycles. The first-order chi connectivity index (χ1) is 7.77. The Labute approximate surface area is 95.7 Å². The molecule has 0 atom stereocenters. The lowest BCUT2D eigenvalue weighted by molar-refractivity contribution is -0.129. The number of pyridine rings is 1. The number of aromatic nitrogens is 1. The second-order valence-corrected chi connectivity index (χ2v) is 4.19. The van der Waals surface area contributed by atoms with E-state index in [4.69, 9.17) is 0 Å². The molecule has 0 unspecified atom stereocenters. The number of nitrogens with one attached hydrogen (secondary N) is 1. The molecule has 0 bridgehead atoms. The first-order valence-electron chi connectivity index (χ1n) is 5.62. The Balaban J connectivity index is 1.69. The van der Waals surface area contributed by atoms with Crippen molar-refractivity contribution in [2.45, 2.75) is 25.4 Å². The summed E-state index contributed by atoms with van der Waals surface area (Å²) in [5, 5.41) is 3.15. The molecule has 4 heteroatoms. The number of nitrogens with zero attached hydrogens (tertiary/aromatic N) is 2. The molecule has 2 rings (SSSR count). The SMILES string of the molecule is CN(C(=O)CNCc1ccncc1)C1CC1. The van der Waals surface area contributed by atoms with Crippen LogP contribution in [0, 0.1) is 0 Å². The standard InChI is InChI=1S/C12H17N3O/c1-15(11-2-3-11)12(16)9-14-8-10-4-6-13-7-5-10/h4-7,11,14H,2-3,8-9H2,1H3. The molecular formula is C12H17N3O. The van der Waals surface area contributed by atoms with Crippen LogP contribution >= 0.6 is 0 Å². The Morgan fingerprint density at radius 2 is 2.19 bits per heavy atom. The highest BCUT2D eigenvalue weighted by Gasteiger charge is 2.28. The summed E-state index contributed by atoms with van der Waals surface area (Å²) in [4.78, 5) is 17.5. The second-order valence-electron chi connectivity index (χ2n) is 4.19. The van der Waals surface area contributed by atoms with Gasteiger partial charge >= 0.3 is 0 Å². The number of hydrogen-bond acceptors (Lipinski definition) is 3. The van der Waals surface area contributed by atoms with E-state index in [1.807, 2.05) is 24.1 Å². The van der Waals surface area contributed by atoms with Crippen molar-refractivity contribution in [3.05, 3.63) is 30.1 Å². The molecule has 1 saturated carbocycles. The average Bonchev–Trinajstić information content (AvgIpc) is 3.13. The Bertz CT molecular complexity index is 349. The van der Waals surface area contributed by atoms with Gasteiger partial charge in [-0.15, -0.1) is 0 Å². The van der Waals surface area contributed by atoms with Crippen LogP contribution in [0.2, 0.25) is 0 Å². The zero-order valence-corrected chi connectivity index (χ0v) is 9.52. The van der Waals surface area contributed by atoms with E-state index in [0.717, 1.165) is 18.4 Å². The van der Waals surface area contributed by atoms with Gasteiger partial charge in [0, 0.05) is 32.0 Å². The van der Waals surface area contributed by atoms with E-state index in [1.54, 1.807) is 12.4 Å². The summed E-state index contributed by atoms with van der Waals surface area (Å²) in [6.07, 6.45) is 5.84. The Morgan fingerprint density at radius 3 is 2.81 bits per heavy atom. The van der Waals surface area contributed by atoms with Gasteiger partial charge in [-0.25, -0.2) is 0 Å². The molecule has 1 aromatic rings. The zero-order chi connectivity index (χ0) is 11.4. The van der Waals surface area contributed by atoms with Crippen molar-refractivity contribution in [1.29, 1.82) is 0 Å². The quantitative estimate of drug-likeness (QED) is 0.796. The molecule has 1 aliphatic carbocycles. The minimum Gasteiger partial charge on any atom is -0.342 e. The zero-order valence-electron chi connectivity index (χ0n) is 9.52. The molecule has 16 heavy (non-hydrogen) atoms. The summed E-state index contributed by atoms with van der Waals surface area (Å²) < 4.78 is 0. The maximum Gasteiger partial charge on any atom is 0.236 e. The molecule has 0 aromatic carbocycles. The topological polar surface area (TPSA) is 45.2 Å². The first-order valence-corrected chi connectivity index (χ1v) is 5.62. The molecule has 0 aliphatic heterocycles. The predicted molar refractivity (Wildman–Crippen MR) is 61.7 cm³/mol. The lowest BCUT2D eigenvalue weighted by atomic mass is 10.3. The summed E-state index contributed by atoms with van der Waals surface area (Å²) in [5.74, 6) is 0.177. The van der Waals surface area contributed by atoms with Crippen molar-refractivity contribution < 1.29 is 4.79 Å². The monoisotopic (exact) mass is 219 g/mol. The molecule has 0 spiro atoms. The van der Waals surface area contributed by atoms with E-state index < -0.39 is 0 Å². The van der Waals surface area contributed by atoms with Crippen LogP contribution in [0.4, 0.5) is 0 Å². The third-order valence-corrected chi connectivity index (χ3v) is 2.84. The van der Waals surface area contributed by atoms with Crippen LogP contribution in [0.5, 0.6) is 0 Å². The minimum absolute atomic E-state index is 0.177. The van der Waals surface area contributed by atoms with Crippen LogP contribution in [0.25, 0.3) is 0 Å². The number of likely N-dealkylation sites (N-methyl/N-ethyl adjacent to an activating group) is 1. The molecular weight excluding hydrogens is 202 g/mol. The minimum atomic E-state index is 0.177. The fraction of sp³-hybridized carbons (Fsp3) is 0.500. The van der Waals surface area contributed by atoms with Gasteiger partial charge in [0.1, 0.15) is 0 Å². The van der Waals surface area contributed by atoms with E-state index in [0.29, 0.717) is 19.1 Å². The van der Waals surface area contributed by atoms with Crippen LogP contribution < -0.4 is 5.32 Å². The van der Waals surface area contributed by atoms with Gasteiger partial charge in [0.25, 0.3) is 0 Å². The highest BCUT2D eigenvalue weighted by Crippen LogP contribution is 2.24. The van der Waals surface area contributed by atoms with E-state index in [1.165, 1.54) is 0 Å². The van der Waals surface area contributed by atoms with Crippen molar-refractivity contribution in [3.8, 4) is 0 Å². The summed E-state index contributed by atoms with van der Waals surface area (Å²) in [6, 6.07) is 4.39. The van der Waals surface area contributed by atoms with Gasteiger partial charge in [-0.2, -0.15) is 0 Å². The largest absolute Gasteiger partial charge is 0.342 e. The van der Waals surface area contributed by atoms with Gasteiger partial charge in [0.15, 0.2) is 0 Å². The molecule has 1 heterocycles. The van der Waals surface area contributed by atoms with Crippen LogP contribution in [0.3, 0.4) is 0 Å². The number of rotatable bonds is 5. The Hall–Kier alpha value is -1.42. The molecule has 4 nitrogen and oxygen atoms in total. The number of amides is 1. The molecule has 1 fully saturated rings. The summed E-state index contributed by atoms with van der Waals surface area (Å²) in [6.45, 7) is 1.13. The third kappa shape index (κ3) is 3.03. The van der Waals surface area contributed by atoms with Crippen LogP contribution in [-0.2, 0) is 11.3 Å². The van der Waals surface area contributed by atoms with Crippen molar-refractivity contribution in [2.24, 2.45) is 0 Å². The van der Waals surface area contributed by atoms with Gasteiger partial charge in [0.2, 0.25) is 5.91 Å². The second kappa shape index (κ2) is 5.07. The van der Waals surface area contributed by atoms with Gasteiger partial charge in [-0.3, -0.25) is 9.78 Å². The summed E-state index contributed by atoms with van der Waals surface area (Å²) in [7, 11) is 1.88. The third-order valence-electron chi connectivity index (χ3n) is 2.84. The van der Waals surface area contributed by atoms with Gasteiger partial charge in [-0.1, -0.05) is 0 Å². The lowest BCUT2D eigenvalue weighted by Crippen LogP contribution is -2.36. The molecule has 1 amide bonds. The molecule has 1 aromatic heterocycles. The summed E-state index contributed by atoms with van der Waals surface area (Å²) in [5.41, 5.74) is 1.15. The van der Waals surface area contributed by atoms with Gasteiger partial charge < -0.3 is 10.2 Å². The molecule has 86 valence electrons. The number of carbonyl (C=O) groups excluding carboxylic acids is 1. The van der Waals surface area contributed by atoms with E-state index >= 15 is 0 Å². The number of hydrogen-bond donors (Lipinski definition) is 1.